The number of ether oxygens (including phenoxy) is 1. The van der Waals surface area contributed by atoms with Gasteiger partial charge in [-0.1, -0.05) is 18.2 Å². The second kappa shape index (κ2) is 6.69. The average molecular weight is 349 g/mol. The molecule has 0 heterocycles. The number of sulfonamides is 1. The van der Waals surface area contributed by atoms with E-state index in [-0.39, 0.29) is 17.0 Å². The Morgan fingerprint density at radius 2 is 1.75 bits per heavy atom. The topological polar surface area (TPSA) is 142 Å². The van der Waals surface area contributed by atoms with E-state index in [2.05, 4.69) is 5.32 Å². The average Bonchev–Trinajstić information content (AvgIpc) is 2.48. The summed E-state index contributed by atoms with van der Waals surface area (Å²) in [6.07, 6.45) is 0. The summed E-state index contributed by atoms with van der Waals surface area (Å²) < 4.78 is 29.4. The van der Waals surface area contributed by atoms with Crippen molar-refractivity contribution in [3.8, 4) is 11.5 Å². The lowest BCUT2D eigenvalue weighted by atomic mass is 10.1. The Morgan fingerprint density at radius 3 is 2.25 bits per heavy atom. The molecule has 2 aromatic rings. The molecule has 0 atom stereocenters. The first-order chi connectivity index (χ1) is 11.2. The molecule has 2 amide bonds. The monoisotopic (exact) mass is 349 g/mol. The molecule has 0 aliphatic carbocycles. The molecule has 0 fully saturated rings. The van der Waals surface area contributed by atoms with Crippen molar-refractivity contribution in [1.29, 1.82) is 0 Å². The number of para-hydroxylation sites is 1. The zero-order chi connectivity index (χ0) is 17.9. The van der Waals surface area contributed by atoms with Crippen LogP contribution in [0.4, 0.5) is 5.69 Å². The summed E-state index contributed by atoms with van der Waals surface area (Å²) in [4.78, 5) is 22.4. The fraction of sp³-hybridized carbons (Fsp3) is 0.0667. The van der Waals surface area contributed by atoms with E-state index in [0.29, 0.717) is 5.75 Å². The number of nitrogens with one attached hydrogen (secondary N) is 1. The minimum Gasteiger partial charge on any atom is -0.454 e. The third-order valence-electron chi connectivity index (χ3n) is 2.92. The second-order valence-electron chi connectivity index (χ2n) is 4.86. The van der Waals surface area contributed by atoms with E-state index in [1.807, 2.05) is 0 Å². The molecular formula is C15H15N3O5S. The lowest BCUT2D eigenvalue weighted by Crippen LogP contribution is -2.19. The van der Waals surface area contributed by atoms with Crippen LogP contribution in [0.15, 0.2) is 47.4 Å². The van der Waals surface area contributed by atoms with Crippen LogP contribution in [0.25, 0.3) is 0 Å². The molecule has 9 heteroatoms. The van der Waals surface area contributed by atoms with Crippen molar-refractivity contribution < 1.29 is 22.7 Å². The van der Waals surface area contributed by atoms with Crippen molar-refractivity contribution in [1.82, 2.24) is 0 Å². The molecule has 0 aliphatic rings. The summed E-state index contributed by atoms with van der Waals surface area (Å²) >= 11 is 0. The molecule has 2 aromatic carbocycles. The van der Waals surface area contributed by atoms with Crippen molar-refractivity contribution in [3.63, 3.8) is 0 Å². The van der Waals surface area contributed by atoms with Crippen LogP contribution < -0.4 is 20.9 Å². The predicted octanol–water partition coefficient (Wildman–Crippen LogP) is 1.18. The Kier molecular flexibility index (Phi) is 4.86. The summed E-state index contributed by atoms with van der Waals surface area (Å²) in [6, 6.07) is 10.5. The third kappa shape index (κ3) is 4.09. The van der Waals surface area contributed by atoms with Gasteiger partial charge in [-0.2, -0.15) is 0 Å². The van der Waals surface area contributed by atoms with Crippen molar-refractivity contribution in [2.75, 3.05) is 5.32 Å². The summed E-state index contributed by atoms with van der Waals surface area (Å²) in [5.41, 5.74) is 5.03. The molecule has 24 heavy (non-hydrogen) atoms. The third-order valence-corrected chi connectivity index (χ3v) is 3.84. The van der Waals surface area contributed by atoms with E-state index < -0.39 is 26.7 Å². The van der Waals surface area contributed by atoms with E-state index in [0.717, 1.165) is 6.07 Å². The Balaban J connectivity index is 2.71. The van der Waals surface area contributed by atoms with Gasteiger partial charge in [-0.15, -0.1) is 0 Å². The molecule has 0 radical (unpaired) electrons. The highest BCUT2D eigenvalue weighted by Gasteiger charge is 2.23. The highest BCUT2D eigenvalue weighted by atomic mass is 32.2. The van der Waals surface area contributed by atoms with Crippen molar-refractivity contribution in [2.45, 2.75) is 11.8 Å². The van der Waals surface area contributed by atoms with Crippen LogP contribution in [0.2, 0.25) is 0 Å². The maximum absolute atomic E-state index is 11.9. The van der Waals surface area contributed by atoms with Crippen LogP contribution in [0, 0.1) is 0 Å². The maximum Gasteiger partial charge on any atom is 0.248 e. The van der Waals surface area contributed by atoms with Gasteiger partial charge in [0.15, 0.2) is 5.75 Å². The zero-order valence-electron chi connectivity index (χ0n) is 12.6. The van der Waals surface area contributed by atoms with Gasteiger partial charge in [-0.05, 0) is 24.3 Å². The number of rotatable bonds is 5. The molecule has 5 N–H and O–H groups in total. The fourth-order valence-corrected chi connectivity index (χ4v) is 2.65. The molecule has 0 bridgehead atoms. The van der Waals surface area contributed by atoms with E-state index in [4.69, 9.17) is 15.6 Å². The Hall–Kier alpha value is -2.91. The van der Waals surface area contributed by atoms with Crippen molar-refractivity contribution in [2.24, 2.45) is 10.9 Å². The SMILES string of the molecule is CC(=O)Nc1cc(C(N)=O)cc(S(N)(=O)=O)c1Oc1ccccc1. The molecule has 0 aromatic heterocycles. The van der Waals surface area contributed by atoms with Gasteiger partial charge in [0.25, 0.3) is 0 Å². The number of hydrogen-bond acceptors (Lipinski definition) is 5. The lowest BCUT2D eigenvalue weighted by molar-refractivity contribution is -0.114. The normalized spacial score (nSPS) is 10.9. The predicted molar refractivity (Wildman–Crippen MR) is 87.2 cm³/mol. The Labute approximate surface area is 138 Å². The van der Waals surface area contributed by atoms with Crippen LogP contribution >= 0.6 is 0 Å². The minimum absolute atomic E-state index is 0.0355. The van der Waals surface area contributed by atoms with Gasteiger partial charge in [0.05, 0.1) is 5.69 Å². The molecule has 126 valence electrons. The number of anilines is 1. The number of benzene rings is 2. The Morgan fingerprint density at radius 1 is 1.12 bits per heavy atom. The van der Waals surface area contributed by atoms with Crippen LogP contribution in [0.5, 0.6) is 11.5 Å². The highest BCUT2D eigenvalue weighted by Crippen LogP contribution is 2.37. The summed E-state index contributed by atoms with van der Waals surface area (Å²) in [7, 11) is -4.25. The first kappa shape index (κ1) is 17.4. The second-order valence-corrected chi connectivity index (χ2v) is 6.39. The zero-order valence-corrected chi connectivity index (χ0v) is 13.5. The number of hydrogen-bond donors (Lipinski definition) is 3. The number of primary amides is 1. The summed E-state index contributed by atoms with van der Waals surface area (Å²) in [6.45, 7) is 1.22. The van der Waals surface area contributed by atoms with Crippen LogP contribution in [-0.4, -0.2) is 20.2 Å². The molecule has 0 saturated carbocycles. The standard InChI is InChI=1S/C15H15N3O5S/c1-9(19)18-12-7-10(15(16)20)8-13(24(17,21)22)14(12)23-11-5-3-2-4-6-11/h2-8H,1H3,(H2,16,20)(H,18,19)(H2,17,21,22). The molecular weight excluding hydrogens is 334 g/mol. The van der Waals surface area contributed by atoms with E-state index in [1.54, 1.807) is 30.3 Å². The van der Waals surface area contributed by atoms with Gasteiger partial charge in [-0.3, -0.25) is 9.59 Å². The van der Waals surface area contributed by atoms with Crippen molar-refractivity contribution >= 4 is 27.5 Å². The fourth-order valence-electron chi connectivity index (χ4n) is 1.95. The number of amides is 2. The van der Waals surface area contributed by atoms with Crippen LogP contribution in [0.1, 0.15) is 17.3 Å². The first-order valence-corrected chi connectivity index (χ1v) is 8.24. The van der Waals surface area contributed by atoms with Gasteiger partial charge in [-0.25, -0.2) is 13.6 Å². The number of nitrogens with two attached hydrogens (primary N) is 2. The number of carbonyl (C=O) groups is 2. The molecule has 8 nitrogen and oxygen atoms in total. The molecule has 0 aliphatic heterocycles. The van der Waals surface area contributed by atoms with Gasteiger partial charge < -0.3 is 15.8 Å². The minimum atomic E-state index is -4.25. The van der Waals surface area contributed by atoms with E-state index in [9.17, 15) is 18.0 Å². The molecule has 2 rings (SSSR count). The largest absolute Gasteiger partial charge is 0.454 e. The summed E-state index contributed by atoms with van der Waals surface area (Å²) in [5.74, 6) is -1.25. The molecule has 0 spiro atoms. The van der Waals surface area contributed by atoms with Crippen LogP contribution in [0.3, 0.4) is 0 Å². The Bertz CT molecular complexity index is 895. The van der Waals surface area contributed by atoms with E-state index >= 15 is 0 Å². The smallest absolute Gasteiger partial charge is 0.248 e. The quantitative estimate of drug-likeness (QED) is 0.743. The maximum atomic E-state index is 11.9. The number of carbonyl (C=O) groups excluding carboxylic acids is 2. The lowest BCUT2D eigenvalue weighted by Gasteiger charge is -2.16. The van der Waals surface area contributed by atoms with Gasteiger partial charge in [0.1, 0.15) is 10.6 Å². The van der Waals surface area contributed by atoms with Crippen molar-refractivity contribution in [3.05, 3.63) is 48.0 Å². The number of primary sulfonamides is 1. The van der Waals surface area contributed by atoms with Gasteiger partial charge in [0, 0.05) is 12.5 Å². The van der Waals surface area contributed by atoms with E-state index in [1.165, 1.54) is 13.0 Å². The highest BCUT2D eigenvalue weighted by molar-refractivity contribution is 7.89. The van der Waals surface area contributed by atoms with Gasteiger partial charge >= 0.3 is 0 Å². The molecule has 0 unspecified atom stereocenters. The first-order valence-electron chi connectivity index (χ1n) is 6.69. The van der Waals surface area contributed by atoms with Gasteiger partial charge in [0.2, 0.25) is 21.8 Å². The molecule has 0 saturated heterocycles. The summed E-state index contributed by atoms with van der Waals surface area (Å²) in [5, 5.41) is 7.62. The van der Waals surface area contributed by atoms with Crippen LogP contribution in [-0.2, 0) is 14.8 Å².